The topological polar surface area (TPSA) is 47.0 Å². The van der Waals surface area contributed by atoms with Crippen LogP contribution in [-0.2, 0) is 0 Å². The number of methoxy groups -OCH3 is 1. The predicted molar refractivity (Wildman–Crippen MR) is 99.0 cm³/mol. The molecule has 1 atom stereocenters. The first-order valence-electron chi connectivity index (χ1n) is 8.28. The van der Waals surface area contributed by atoms with Crippen LogP contribution in [0.15, 0.2) is 30.6 Å². The fraction of sp³-hybridized carbons (Fsp3) is 0.368. The molecule has 1 aliphatic rings. The van der Waals surface area contributed by atoms with Crippen molar-refractivity contribution in [3.8, 4) is 5.75 Å². The van der Waals surface area contributed by atoms with E-state index in [0.717, 1.165) is 16.4 Å². The van der Waals surface area contributed by atoms with Gasteiger partial charge in [-0.15, -0.1) is 11.3 Å². The van der Waals surface area contributed by atoms with Crippen molar-refractivity contribution < 1.29 is 4.74 Å². The normalized spacial score (nSPS) is 15.5. The molecule has 3 aromatic rings. The number of nitrogens with one attached hydrogen (secondary N) is 1. The molecule has 5 heteroatoms. The van der Waals surface area contributed by atoms with Gasteiger partial charge in [0.15, 0.2) is 0 Å². The Hall–Kier alpha value is -2.14. The van der Waals surface area contributed by atoms with Crippen LogP contribution in [0, 0.1) is 19.8 Å². The van der Waals surface area contributed by atoms with Gasteiger partial charge in [-0.2, -0.15) is 0 Å². The van der Waals surface area contributed by atoms with Crippen LogP contribution in [0.3, 0.4) is 0 Å². The molecule has 1 fully saturated rings. The number of aromatic nitrogens is 2. The fourth-order valence-corrected chi connectivity index (χ4v) is 4.15. The van der Waals surface area contributed by atoms with E-state index in [9.17, 15) is 0 Å². The van der Waals surface area contributed by atoms with Gasteiger partial charge in [0.05, 0.1) is 18.5 Å². The molecule has 4 nitrogen and oxygen atoms in total. The lowest BCUT2D eigenvalue weighted by Crippen LogP contribution is -2.14. The standard InChI is InChI=1S/C19H21N3OS/c1-11-12(2)24-19-16(11)18(20-10-21-19)22-17(13-4-5-13)14-6-8-15(23-3)9-7-14/h6-10,13,17H,4-5H2,1-3H3,(H,20,21,22)/t17-/m0/s1. The Morgan fingerprint density at radius 2 is 1.92 bits per heavy atom. The highest BCUT2D eigenvalue weighted by Gasteiger charge is 2.33. The minimum atomic E-state index is 0.286. The first-order chi connectivity index (χ1) is 11.7. The molecule has 24 heavy (non-hydrogen) atoms. The number of fused-ring (bicyclic) bond motifs is 1. The van der Waals surface area contributed by atoms with Crippen LogP contribution in [-0.4, -0.2) is 17.1 Å². The molecular formula is C19H21N3OS. The van der Waals surface area contributed by atoms with Crippen molar-refractivity contribution in [1.82, 2.24) is 9.97 Å². The van der Waals surface area contributed by atoms with Crippen molar-refractivity contribution in [2.24, 2.45) is 5.92 Å². The molecule has 124 valence electrons. The average Bonchev–Trinajstić information content (AvgIpc) is 3.40. The number of thiophene rings is 1. The molecule has 2 aromatic heterocycles. The lowest BCUT2D eigenvalue weighted by atomic mass is 10.0. The summed E-state index contributed by atoms with van der Waals surface area (Å²) in [4.78, 5) is 11.4. The summed E-state index contributed by atoms with van der Waals surface area (Å²) >= 11 is 1.74. The Morgan fingerprint density at radius 1 is 1.17 bits per heavy atom. The first-order valence-corrected chi connectivity index (χ1v) is 9.10. The van der Waals surface area contributed by atoms with E-state index in [0.29, 0.717) is 5.92 Å². The van der Waals surface area contributed by atoms with Gasteiger partial charge in [-0.25, -0.2) is 9.97 Å². The van der Waals surface area contributed by atoms with Gasteiger partial charge in [-0.1, -0.05) is 12.1 Å². The lowest BCUT2D eigenvalue weighted by Gasteiger charge is -2.20. The highest BCUT2D eigenvalue weighted by atomic mass is 32.1. The molecule has 1 saturated carbocycles. The lowest BCUT2D eigenvalue weighted by molar-refractivity contribution is 0.414. The highest BCUT2D eigenvalue weighted by molar-refractivity contribution is 7.18. The summed E-state index contributed by atoms with van der Waals surface area (Å²) in [5, 5.41) is 4.87. The van der Waals surface area contributed by atoms with Crippen molar-refractivity contribution in [2.45, 2.75) is 32.7 Å². The van der Waals surface area contributed by atoms with Crippen molar-refractivity contribution in [3.63, 3.8) is 0 Å². The maximum Gasteiger partial charge on any atom is 0.138 e. The molecule has 2 heterocycles. The third-order valence-electron chi connectivity index (χ3n) is 4.83. The molecule has 1 N–H and O–H groups in total. The van der Waals surface area contributed by atoms with Crippen LogP contribution in [0.5, 0.6) is 5.75 Å². The van der Waals surface area contributed by atoms with Crippen molar-refractivity contribution in [2.75, 3.05) is 12.4 Å². The number of ether oxygens (including phenoxy) is 1. The zero-order valence-electron chi connectivity index (χ0n) is 14.2. The van der Waals surface area contributed by atoms with E-state index < -0.39 is 0 Å². The summed E-state index contributed by atoms with van der Waals surface area (Å²) < 4.78 is 5.28. The van der Waals surface area contributed by atoms with E-state index in [1.54, 1.807) is 24.8 Å². The van der Waals surface area contributed by atoms with Crippen LogP contribution in [0.2, 0.25) is 0 Å². The van der Waals surface area contributed by atoms with Crippen LogP contribution >= 0.6 is 11.3 Å². The number of aryl methyl sites for hydroxylation is 2. The van der Waals surface area contributed by atoms with Crippen molar-refractivity contribution in [1.29, 1.82) is 0 Å². The maximum atomic E-state index is 5.28. The molecule has 0 saturated heterocycles. The average molecular weight is 339 g/mol. The second-order valence-corrected chi connectivity index (χ2v) is 7.62. The smallest absolute Gasteiger partial charge is 0.138 e. The van der Waals surface area contributed by atoms with Gasteiger partial charge in [0.1, 0.15) is 22.7 Å². The van der Waals surface area contributed by atoms with Crippen molar-refractivity contribution in [3.05, 3.63) is 46.6 Å². The van der Waals surface area contributed by atoms with Gasteiger partial charge in [-0.05, 0) is 55.9 Å². The summed E-state index contributed by atoms with van der Waals surface area (Å²) in [5.74, 6) is 2.51. The van der Waals surface area contributed by atoms with E-state index in [1.807, 2.05) is 12.1 Å². The van der Waals surface area contributed by atoms with E-state index in [1.165, 1.54) is 34.2 Å². The molecular weight excluding hydrogens is 318 g/mol. The van der Waals surface area contributed by atoms with Crippen LogP contribution in [0.25, 0.3) is 10.2 Å². The first kappa shape index (κ1) is 15.4. The Labute approximate surface area is 145 Å². The van der Waals surface area contributed by atoms with E-state index in [-0.39, 0.29) is 6.04 Å². The van der Waals surface area contributed by atoms with E-state index >= 15 is 0 Å². The quantitative estimate of drug-likeness (QED) is 0.719. The Balaban J connectivity index is 1.71. The fourth-order valence-electron chi connectivity index (χ4n) is 3.15. The molecule has 4 rings (SSSR count). The number of rotatable bonds is 5. The summed E-state index contributed by atoms with van der Waals surface area (Å²) in [6.07, 6.45) is 4.19. The molecule has 0 spiro atoms. The molecule has 0 bridgehead atoms. The summed E-state index contributed by atoms with van der Waals surface area (Å²) in [6.45, 7) is 4.30. The number of hydrogen-bond acceptors (Lipinski definition) is 5. The monoisotopic (exact) mass is 339 g/mol. The van der Waals surface area contributed by atoms with Gasteiger partial charge >= 0.3 is 0 Å². The van der Waals surface area contributed by atoms with Crippen LogP contribution < -0.4 is 10.1 Å². The minimum absolute atomic E-state index is 0.286. The number of benzene rings is 1. The highest BCUT2D eigenvalue weighted by Crippen LogP contribution is 2.44. The van der Waals surface area contributed by atoms with Gasteiger partial charge in [0, 0.05) is 4.88 Å². The van der Waals surface area contributed by atoms with Crippen molar-refractivity contribution >= 4 is 27.4 Å². The largest absolute Gasteiger partial charge is 0.497 e. The third kappa shape index (κ3) is 2.73. The minimum Gasteiger partial charge on any atom is -0.497 e. The van der Waals surface area contributed by atoms with Gasteiger partial charge < -0.3 is 10.1 Å². The molecule has 0 amide bonds. The summed E-state index contributed by atoms with van der Waals surface area (Å²) in [6, 6.07) is 8.65. The van der Waals surface area contributed by atoms with Gasteiger partial charge in [0.2, 0.25) is 0 Å². The summed E-state index contributed by atoms with van der Waals surface area (Å²) in [5.41, 5.74) is 2.57. The van der Waals surface area contributed by atoms with Crippen LogP contribution in [0.1, 0.15) is 34.9 Å². The molecule has 0 aliphatic heterocycles. The number of nitrogens with zero attached hydrogens (tertiary/aromatic N) is 2. The molecule has 0 unspecified atom stereocenters. The second kappa shape index (κ2) is 6.06. The van der Waals surface area contributed by atoms with Gasteiger partial charge in [0.25, 0.3) is 0 Å². The Morgan fingerprint density at radius 3 is 2.58 bits per heavy atom. The molecule has 0 radical (unpaired) electrons. The maximum absolute atomic E-state index is 5.28. The second-order valence-electron chi connectivity index (χ2n) is 6.42. The molecule has 1 aromatic carbocycles. The zero-order valence-corrected chi connectivity index (χ0v) is 15.0. The number of hydrogen-bond donors (Lipinski definition) is 1. The number of anilines is 1. The van der Waals surface area contributed by atoms with Gasteiger partial charge in [-0.3, -0.25) is 0 Å². The Bertz CT molecular complexity index is 868. The Kier molecular flexibility index (Phi) is 3.88. The van der Waals surface area contributed by atoms with E-state index in [2.05, 4.69) is 41.3 Å². The zero-order chi connectivity index (χ0) is 16.7. The SMILES string of the molecule is COc1ccc([C@@H](Nc2ncnc3sc(C)c(C)c23)C2CC2)cc1. The molecule has 1 aliphatic carbocycles. The van der Waals surface area contributed by atoms with E-state index in [4.69, 9.17) is 4.74 Å². The summed E-state index contributed by atoms with van der Waals surface area (Å²) in [7, 11) is 1.70. The predicted octanol–water partition coefficient (Wildman–Crippen LogP) is 4.88. The van der Waals surface area contributed by atoms with Crippen LogP contribution in [0.4, 0.5) is 5.82 Å². The third-order valence-corrected chi connectivity index (χ3v) is 5.94.